The summed E-state index contributed by atoms with van der Waals surface area (Å²) in [5.41, 5.74) is 3.48. The van der Waals surface area contributed by atoms with Gasteiger partial charge in [0, 0.05) is 43.0 Å². The summed E-state index contributed by atoms with van der Waals surface area (Å²) in [7, 11) is 1.74. The summed E-state index contributed by atoms with van der Waals surface area (Å²) in [5, 5.41) is 3.62. The molecule has 110 valence electrons. The van der Waals surface area contributed by atoms with Crippen LogP contribution in [-0.2, 0) is 6.54 Å². The summed E-state index contributed by atoms with van der Waals surface area (Å²) >= 11 is 0. The number of aromatic nitrogens is 1. The first-order valence-corrected chi connectivity index (χ1v) is 7.64. The average molecular weight is 275 g/mol. The van der Waals surface area contributed by atoms with Gasteiger partial charge in [-0.05, 0) is 39.2 Å². The van der Waals surface area contributed by atoms with E-state index in [4.69, 9.17) is 4.74 Å². The molecule has 1 aromatic heterocycles. The Balaban J connectivity index is 1.72. The Hall–Kier alpha value is -1.13. The van der Waals surface area contributed by atoms with E-state index in [0.29, 0.717) is 0 Å². The zero-order chi connectivity index (χ0) is 14.1. The lowest BCUT2D eigenvalue weighted by molar-refractivity contribution is 0.154. The van der Waals surface area contributed by atoms with Crippen LogP contribution in [-0.4, -0.2) is 42.7 Å². The van der Waals surface area contributed by atoms with E-state index < -0.39 is 0 Å². The van der Waals surface area contributed by atoms with Crippen LogP contribution in [0.2, 0.25) is 0 Å². The number of aryl methyl sites for hydroxylation is 1. The fourth-order valence-electron chi connectivity index (χ4n) is 3.71. The summed E-state index contributed by atoms with van der Waals surface area (Å²) in [6.45, 7) is 8.70. The predicted octanol–water partition coefficient (Wildman–Crippen LogP) is 1.89. The molecule has 2 saturated heterocycles. The zero-order valence-corrected chi connectivity index (χ0v) is 12.8. The first-order valence-electron chi connectivity index (χ1n) is 7.64. The second-order valence-corrected chi connectivity index (χ2v) is 6.18. The van der Waals surface area contributed by atoms with Crippen molar-refractivity contribution >= 4 is 0 Å². The van der Waals surface area contributed by atoms with Crippen molar-refractivity contribution < 1.29 is 4.74 Å². The van der Waals surface area contributed by atoms with Crippen LogP contribution in [0.5, 0.6) is 5.75 Å². The molecule has 2 atom stereocenters. The SMILES string of the molecule is COc1c(C)cnc(CN2CCC3NCCC3C2)c1C. The molecule has 0 saturated carbocycles. The van der Waals surface area contributed by atoms with Crippen LogP contribution in [0.3, 0.4) is 0 Å². The number of pyridine rings is 1. The van der Waals surface area contributed by atoms with Crippen molar-refractivity contribution in [1.82, 2.24) is 15.2 Å². The molecule has 20 heavy (non-hydrogen) atoms. The minimum atomic E-state index is 0.757. The lowest BCUT2D eigenvalue weighted by Gasteiger charge is -2.34. The van der Waals surface area contributed by atoms with Gasteiger partial charge >= 0.3 is 0 Å². The lowest BCUT2D eigenvalue weighted by Crippen LogP contribution is -2.44. The van der Waals surface area contributed by atoms with Crippen LogP contribution < -0.4 is 10.1 Å². The lowest BCUT2D eigenvalue weighted by atomic mass is 9.93. The number of nitrogens with zero attached hydrogens (tertiary/aromatic N) is 2. The molecule has 0 spiro atoms. The van der Waals surface area contributed by atoms with Crippen LogP contribution in [0.25, 0.3) is 0 Å². The van der Waals surface area contributed by atoms with Gasteiger partial charge in [-0.3, -0.25) is 9.88 Å². The number of piperidine rings is 1. The molecule has 1 N–H and O–H groups in total. The van der Waals surface area contributed by atoms with Crippen molar-refractivity contribution in [3.63, 3.8) is 0 Å². The quantitative estimate of drug-likeness (QED) is 0.914. The summed E-state index contributed by atoms with van der Waals surface area (Å²) in [4.78, 5) is 7.18. The highest BCUT2D eigenvalue weighted by Crippen LogP contribution is 2.28. The highest BCUT2D eigenvalue weighted by molar-refractivity contribution is 5.41. The maximum absolute atomic E-state index is 5.51. The van der Waals surface area contributed by atoms with Gasteiger partial charge in [0.1, 0.15) is 5.75 Å². The molecule has 0 aliphatic carbocycles. The normalized spacial score (nSPS) is 26.6. The predicted molar refractivity (Wildman–Crippen MR) is 80.1 cm³/mol. The van der Waals surface area contributed by atoms with Crippen LogP contribution in [0.15, 0.2) is 6.20 Å². The summed E-state index contributed by atoms with van der Waals surface area (Å²) in [6, 6.07) is 0.757. The molecule has 4 heteroatoms. The Labute approximate surface area is 121 Å². The molecular formula is C16H25N3O. The third-order valence-corrected chi connectivity index (χ3v) is 4.86. The van der Waals surface area contributed by atoms with Crippen molar-refractivity contribution in [2.45, 2.75) is 39.3 Å². The van der Waals surface area contributed by atoms with E-state index in [1.165, 1.54) is 38.0 Å². The van der Waals surface area contributed by atoms with E-state index in [-0.39, 0.29) is 0 Å². The summed E-state index contributed by atoms with van der Waals surface area (Å²) in [6.07, 6.45) is 4.53. The smallest absolute Gasteiger partial charge is 0.128 e. The minimum absolute atomic E-state index is 0.757. The number of ether oxygens (including phenoxy) is 1. The Morgan fingerprint density at radius 3 is 3.05 bits per heavy atom. The van der Waals surface area contributed by atoms with Crippen molar-refractivity contribution in [3.8, 4) is 5.75 Å². The van der Waals surface area contributed by atoms with Crippen molar-refractivity contribution in [3.05, 3.63) is 23.0 Å². The molecular weight excluding hydrogens is 250 g/mol. The molecule has 2 fully saturated rings. The largest absolute Gasteiger partial charge is 0.496 e. The monoisotopic (exact) mass is 275 g/mol. The Morgan fingerprint density at radius 2 is 2.25 bits per heavy atom. The molecule has 3 rings (SSSR count). The van der Waals surface area contributed by atoms with Crippen LogP contribution in [0.1, 0.15) is 29.7 Å². The van der Waals surface area contributed by atoms with Gasteiger partial charge in [-0.2, -0.15) is 0 Å². The molecule has 0 amide bonds. The number of nitrogens with one attached hydrogen (secondary N) is 1. The molecule has 4 nitrogen and oxygen atoms in total. The van der Waals surface area contributed by atoms with E-state index in [0.717, 1.165) is 35.5 Å². The third-order valence-electron chi connectivity index (χ3n) is 4.86. The summed E-state index contributed by atoms with van der Waals surface area (Å²) in [5.74, 6) is 1.82. The molecule has 3 heterocycles. The van der Waals surface area contributed by atoms with E-state index in [2.05, 4.69) is 29.0 Å². The van der Waals surface area contributed by atoms with Gasteiger partial charge in [0.25, 0.3) is 0 Å². The first kappa shape index (κ1) is 13.8. The Kier molecular flexibility index (Phi) is 3.94. The van der Waals surface area contributed by atoms with Gasteiger partial charge < -0.3 is 10.1 Å². The molecule has 0 radical (unpaired) electrons. The molecule has 0 aromatic carbocycles. The second kappa shape index (κ2) is 5.70. The molecule has 0 bridgehead atoms. The van der Waals surface area contributed by atoms with Crippen LogP contribution in [0.4, 0.5) is 0 Å². The first-order chi connectivity index (χ1) is 9.69. The molecule has 2 unspecified atom stereocenters. The van der Waals surface area contributed by atoms with Crippen molar-refractivity contribution in [2.24, 2.45) is 5.92 Å². The number of fused-ring (bicyclic) bond motifs is 1. The zero-order valence-electron chi connectivity index (χ0n) is 12.8. The van der Waals surface area contributed by atoms with Crippen molar-refractivity contribution in [1.29, 1.82) is 0 Å². The second-order valence-electron chi connectivity index (χ2n) is 6.18. The number of hydrogen-bond donors (Lipinski definition) is 1. The van der Waals surface area contributed by atoms with Gasteiger partial charge in [-0.1, -0.05) is 0 Å². The van der Waals surface area contributed by atoms with Gasteiger partial charge in [-0.25, -0.2) is 0 Å². The third kappa shape index (κ3) is 2.54. The maximum atomic E-state index is 5.51. The Morgan fingerprint density at radius 1 is 1.40 bits per heavy atom. The highest BCUT2D eigenvalue weighted by Gasteiger charge is 2.32. The summed E-state index contributed by atoms with van der Waals surface area (Å²) < 4.78 is 5.51. The highest BCUT2D eigenvalue weighted by atomic mass is 16.5. The topological polar surface area (TPSA) is 37.4 Å². The van der Waals surface area contributed by atoms with Crippen LogP contribution in [0, 0.1) is 19.8 Å². The molecule has 2 aliphatic rings. The number of likely N-dealkylation sites (tertiary alicyclic amines) is 1. The minimum Gasteiger partial charge on any atom is -0.496 e. The van der Waals surface area contributed by atoms with E-state index in [1.54, 1.807) is 7.11 Å². The van der Waals surface area contributed by atoms with Gasteiger partial charge in [0.15, 0.2) is 0 Å². The maximum Gasteiger partial charge on any atom is 0.128 e. The van der Waals surface area contributed by atoms with Gasteiger partial charge in [-0.15, -0.1) is 0 Å². The number of rotatable bonds is 3. The van der Waals surface area contributed by atoms with E-state index >= 15 is 0 Å². The fraction of sp³-hybridized carbons (Fsp3) is 0.688. The standard InChI is InChI=1S/C16H25N3O/c1-11-8-18-15(12(2)16(11)20-3)10-19-7-5-14-13(9-19)4-6-17-14/h8,13-14,17H,4-7,9-10H2,1-3H3. The average Bonchev–Trinajstić information content (AvgIpc) is 2.90. The van der Waals surface area contributed by atoms with Crippen molar-refractivity contribution in [2.75, 3.05) is 26.7 Å². The molecule has 2 aliphatic heterocycles. The van der Waals surface area contributed by atoms with Gasteiger partial charge in [0.2, 0.25) is 0 Å². The van der Waals surface area contributed by atoms with E-state index in [1.807, 2.05) is 6.20 Å². The number of methoxy groups -OCH3 is 1. The Bertz CT molecular complexity index is 489. The number of hydrogen-bond acceptors (Lipinski definition) is 4. The molecule has 1 aromatic rings. The van der Waals surface area contributed by atoms with E-state index in [9.17, 15) is 0 Å². The fourth-order valence-corrected chi connectivity index (χ4v) is 3.71. The van der Waals surface area contributed by atoms with Gasteiger partial charge in [0.05, 0.1) is 12.8 Å². The van der Waals surface area contributed by atoms with Crippen LogP contribution >= 0.6 is 0 Å².